The summed E-state index contributed by atoms with van der Waals surface area (Å²) in [4.78, 5) is 15.3. The number of aromatic nitrogens is 2. The van der Waals surface area contributed by atoms with E-state index in [2.05, 4.69) is 34.8 Å². The fraction of sp³-hybridized carbons (Fsp3) is 0.421. The lowest BCUT2D eigenvalue weighted by molar-refractivity contribution is 0.0165. The van der Waals surface area contributed by atoms with E-state index in [1.165, 1.54) is 10.9 Å². The van der Waals surface area contributed by atoms with Crippen LogP contribution in [-0.4, -0.2) is 35.4 Å². The number of fused-ring (bicyclic) bond motifs is 3. The standard InChI is InChI=1S/C19H23N3O2/c1-12(9-15-11-20-7-8-24-15)22-18-10-14(23)3-4-16(18)17-5-6-21-13(2)19(17)22/h3-6,10,12,15,20-21H,7-9,11H2,1-2H3. The minimum absolute atomic E-state index is 0.0518. The fourth-order valence-corrected chi connectivity index (χ4v) is 3.90. The van der Waals surface area contributed by atoms with Crippen LogP contribution in [-0.2, 0) is 4.74 Å². The summed E-state index contributed by atoms with van der Waals surface area (Å²) in [5.41, 5.74) is 3.35. The van der Waals surface area contributed by atoms with E-state index in [1.54, 1.807) is 12.1 Å². The second kappa shape index (κ2) is 6.07. The van der Waals surface area contributed by atoms with E-state index in [9.17, 15) is 4.79 Å². The number of ether oxygens (including phenoxy) is 1. The third-order valence-electron chi connectivity index (χ3n) is 4.97. The van der Waals surface area contributed by atoms with Crippen molar-refractivity contribution >= 4 is 21.8 Å². The van der Waals surface area contributed by atoms with Gasteiger partial charge in [0.15, 0.2) is 5.43 Å². The van der Waals surface area contributed by atoms with Crippen LogP contribution >= 0.6 is 0 Å². The van der Waals surface area contributed by atoms with Crippen LogP contribution in [0.1, 0.15) is 25.1 Å². The van der Waals surface area contributed by atoms with Crippen LogP contribution < -0.4 is 10.7 Å². The molecule has 4 rings (SSSR count). The summed E-state index contributed by atoms with van der Waals surface area (Å²) in [6.45, 7) is 6.87. The van der Waals surface area contributed by atoms with Crippen molar-refractivity contribution in [1.29, 1.82) is 0 Å². The topological polar surface area (TPSA) is 59.0 Å². The molecule has 0 amide bonds. The van der Waals surface area contributed by atoms with Gasteiger partial charge in [-0.25, -0.2) is 0 Å². The van der Waals surface area contributed by atoms with Gasteiger partial charge in [0.1, 0.15) is 0 Å². The second-order valence-electron chi connectivity index (χ2n) is 6.70. The summed E-state index contributed by atoms with van der Waals surface area (Å²) in [6, 6.07) is 7.69. The molecule has 0 spiro atoms. The molecule has 1 aliphatic rings. The molecule has 5 heteroatoms. The summed E-state index contributed by atoms with van der Waals surface area (Å²) < 4.78 is 8.18. The number of pyridine rings is 1. The van der Waals surface area contributed by atoms with Gasteiger partial charge in [-0.2, -0.15) is 0 Å². The molecule has 3 aromatic rings. The molecule has 2 unspecified atom stereocenters. The van der Waals surface area contributed by atoms with Gasteiger partial charge < -0.3 is 19.6 Å². The van der Waals surface area contributed by atoms with Crippen molar-refractivity contribution in [3.63, 3.8) is 0 Å². The van der Waals surface area contributed by atoms with E-state index in [4.69, 9.17) is 4.74 Å². The number of rotatable bonds is 3. The molecule has 0 aliphatic carbocycles. The highest BCUT2D eigenvalue weighted by molar-refractivity contribution is 6.08. The number of benzene rings is 1. The predicted octanol–water partition coefficient (Wildman–Crippen LogP) is 2.73. The molecule has 1 saturated heterocycles. The first-order valence-corrected chi connectivity index (χ1v) is 8.59. The average molecular weight is 325 g/mol. The van der Waals surface area contributed by atoms with Gasteiger partial charge in [-0.05, 0) is 38.5 Å². The fourth-order valence-electron chi connectivity index (χ4n) is 3.90. The number of aryl methyl sites for hydroxylation is 1. The Morgan fingerprint density at radius 1 is 1.33 bits per heavy atom. The monoisotopic (exact) mass is 325 g/mol. The lowest BCUT2D eigenvalue weighted by Crippen LogP contribution is -2.39. The Balaban J connectivity index is 1.87. The number of hydrogen-bond donors (Lipinski definition) is 2. The molecule has 3 heterocycles. The predicted molar refractivity (Wildman–Crippen MR) is 96.7 cm³/mol. The van der Waals surface area contributed by atoms with Crippen LogP contribution in [0, 0.1) is 6.92 Å². The van der Waals surface area contributed by atoms with Gasteiger partial charge in [0.05, 0.1) is 23.7 Å². The van der Waals surface area contributed by atoms with Crippen LogP contribution in [0.15, 0.2) is 35.3 Å². The summed E-state index contributed by atoms with van der Waals surface area (Å²) in [7, 11) is 0. The summed E-state index contributed by atoms with van der Waals surface area (Å²) in [6.07, 6.45) is 3.10. The number of nitrogens with zero attached hydrogens (tertiary/aromatic N) is 1. The molecule has 1 aromatic carbocycles. The van der Waals surface area contributed by atoms with Gasteiger partial charge in [-0.3, -0.25) is 4.79 Å². The quantitative estimate of drug-likeness (QED) is 0.778. The molecule has 2 atom stereocenters. The molecule has 2 N–H and O–H groups in total. The van der Waals surface area contributed by atoms with E-state index in [0.717, 1.165) is 42.7 Å². The maximum absolute atomic E-state index is 12.0. The third kappa shape index (κ3) is 2.54. The van der Waals surface area contributed by atoms with Crippen molar-refractivity contribution in [1.82, 2.24) is 14.9 Å². The van der Waals surface area contributed by atoms with Gasteiger partial charge in [0.2, 0.25) is 0 Å². The molecule has 5 nitrogen and oxygen atoms in total. The molecule has 24 heavy (non-hydrogen) atoms. The van der Waals surface area contributed by atoms with Crippen molar-refractivity contribution in [2.45, 2.75) is 32.4 Å². The lowest BCUT2D eigenvalue weighted by Gasteiger charge is -2.27. The minimum atomic E-state index is 0.0518. The zero-order valence-electron chi connectivity index (χ0n) is 14.1. The highest BCUT2D eigenvalue weighted by Crippen LogP contribution is 2.33. The number of morpholine rings is 1. The van der Waals surface area contributed by atoms with Gasteiger partial charge in [-0.15, -0.1) is 0 Å². The summed E-state index contributed by atoms with van der Waals surface area (Å²) >= 11 is 0. The van der Waals surface area contributed by atoms with Crippen molar-refractivity contribution in [2.24, 2.45) is 0 Å². The smallest absolute Gasteiger partial charge is 0.180 e. The molecular formula is C19H23N3O2. The van der Waals surface area contributed by atoms with Crippen LogP contribution in [0.5, 0.6) is 0 Å². The Morgan fingerprint density at radius 2 is 2.21 bits per heavy atom. The molecule has 0 saturated carbocycles. The molecule has 1 aliphatic heterocycles. The Morgan fingerprint density at radius 3 is 3.00 bits per heavy atom. The largest absolute Gasteiger partial charge is 0.375 e. The normalized spacial score (nSPS) is 19.8. The van der Waals surface area contributed by atoms with Crippen LogP contribution in [0.4, 0.5) is 0 Å². The van der Waals surface area contributed by atoms with E-state index in [-0.39, 0.29) is 17.6 Å². The van der Waals surface area contributed by atoms with Gasteiger partial charge >= 0.3 is 0 Å². The molecule has 2 aromatic heterocycles. The minimum Gasteiger partial charge on any atom is -0.375 e. The first-order chi connectivity index (χ1) is 11.6. The molecule has 0 bridgehead atoms. The molecule has 1 fully saturated rings. The van der Waals surface area contributed by atoms with Crippen molar-refractivity contribution < 1.29 is 4.74 Å². The van der Waals surface area contributed by atoms with Gasteiger partial charge in [0.25, 0.3) is 0 Å². The van der Waals surface area contributed by atoms with Crippen LogP contribution in [0.2, 0.25) is 0 Å². The van der Waals surface area contributed by atoms with E-state index in [0.29, 0.717) is 0 Å². The second-order valence-corrected chi connectivity index (χ2v) is 6.70. The Kier molecular flexibility index (Phi) is 3.90. The average Bonchev–Trinajstić information content (AvgIpc) is 2.90. The zero-order valence-corrected chi connectivity index (χ0v) is 14.1. The lowest BCUT2D eigenvalue weighted by atomic mass is 10.1. The van der Waals surface area contributed by atoms with Crippen LogP contribution in [0.3, 0.4) is 0 Å². The molecule has 126 valence electrons. The Bertz CT molecular complexity index is 935. The third-order valence-corrected chi connectivity index (χ3v) is 4.97. The summed E-state index contributed by atoms with van der Waals surface area (Å²) in [5, 5.41) is 5.72. The van der Waals surface area contributed by atoms with E-state index < -0.39 is 0 Å². The number of aromatic amines is 1. The summed E-state index contributed by atoms with van der Waals surface area (Å²) in [5.74, 6) is 0. The number of nitrogens with one attached hydrogen (secondary N) is 2. The zero-order chi connectivity index (χ0) is 16.7. The van der Waals surface area contributed by atoms with E-state index in [1.807, 2.05) is 12.3 Å². The van der Waals surface area contributed by atoms with Crippen molar-refractivity contribution in [3.05, 3.63) is 46.4 Å². The molecular weight excluding hydrogens is 302 g/mol. The molecule has 0 radical (unpaired) electrons. The maximum atomic E-state index is 12.0. The SMILES string of the molecule is Cc1[nH]ccc2c3ccc(=O)cc3n(C(C)CC3CNCCO3)c12. The first-order valence-electron chi connectivity index (χ1n) is 8.59. The van der Waals surface area contributed by atoms with Gasteiger partial charge in [-0.1, -0.05) is 0 Å². The maximum Gasteiger partial charge on any atom is 0.180 e. The first kappa shape index (κ1) is 15.4. The Hall–Kier alpha value is -2.11. The van der Waals surface area contributed by atoms with Gasteiger partial charge in [0, 0.05) is 47.9 Å². The van der Waals surface area contributed by atoms with Crippen molar-refractivity contribution in [2.75, 3.05) is 19.7 Å². The Labute approximate surface area is 140 Å². The van der Waals surface area contributed by atoms with Crippen molar-refractivity contribution in [3.8, 4) is 0 Å². The highest BCUT2D eigenvalue weighted by atomic mass is 16.5. The van der Waals surface area contributed by atoms with E-state index >= 15 is 0 Å². The highest BCUT2D eigenvalue weighted by Gasteiger charge is 2.22. The number of hydrogen-bond acceptors (Lipinski definition) is 3. The van der Waals surface area contributed by atoms with Crippen LogP contribution in [0.25, 0.3) is 21.8 Å². The number of H-pyrrole nitrogens is 1.